The Hall–Kier alpha value is -0.880. The first-order valence-electron chi connectivity index (χ1n) is 10.4. The molecule has 1 amide bonds. The molecule has 3 heterocycles. The fourth-order valence-electron chi connectivity index (χ4n) is 3.82. The van der Waals surface area contributed by atoms with Crippen LogP contribution in [0.1, 0.15) is 47.0 Å². The van der Waals surface area contributed by atoms with Crippen LogP contribution >= 0.6 is 23.5 Å². The van der Waals surface area contributed by atoms with E-state index in [2.05, 4.69) is 0 Å². The average Bonchev–Trinajstić information content (AvgIpc) is 3.30. The van der Waals surface area contributed by atoms with Gasteiger partial charge in [-0.2, -0.15) is 4.55 Å². The number of rotatable bonds is 9. The molecule has 3 rings (SSSR count). The third-order valence-electron chi connectivity index (χ3n) is 6.18. The Kier molecular flexibility index (Phi) is 7.94. The predicted octanol–water partition coefficient (Wildman–Crippen LogP) is 2.53. The maximum absolute atomic E-state index is 12.9. The molecule has 11 heteroatoms. The SMILES string of the molecule is CCC(CC)C(=O)OCOC(=O)C1=C(S[C@H]2CC[S+](O)C2)S[C@H]2N1C(=O)[C@]2(C)[C@@H](C)O. The summed E-state index contributed by atoms with van der Waals surface area (Å²) in [6.07, 6.45) is 1.24. The molecular weight excluding hydrogens is 462 g/mol. The van der Waals surface area contributed by atoms with Crippen LogP contribution in [-0.4, -0.2) is 67.4 Å². The van der Waals surface area contributed by atoms with Gasteiger partial charge in [-0.3, -0.25) is 14.5 Å². The molecule has 2 saturated heterocycles. The molecule has 0 radical (unpaired) electrons. The van der Waals surface area contributed by atoms with Gasteiger partial charge in [0, 0.05) is 6.42 Å². The number of β-lactam (4-membered cyclic amide) rings is 1. The molecule has 2 N–H and O–H groups in total. The number of carbonyl (C=O) groups is 3. The van der Waals surface area contributed by atoms with E-state index in [1.165, 1.54) is 28.4 Å². The van der Waals surface area contributed by atoms with Crippen molar-refractivity contribution >= 4 is 52.5 Å². The zero-order valence-electron chi connectivity index (χ0n) is 18.2. The second-order valence-corrected chi connectivity index (χ2v) is 12.5. The van der Waals surface area contributed by atoms with E-state index in [1.54, 1.807) is 13.8 Å². The third kappa shape index (κ3) is 4.62. The molecule has 0 aromatic rings. The molecule has 3 aliphatic heterocycles. The van der Waals surface area contributed by atoms with Crippen molar-refractivity contribution in [2.75, 3.05) is 18.3 Å². The number of nitrogens with zero attached hydrogens (tertiary/aromatic N) is 1. The summed E-state index contributed by atoms with van der Waals surface area (Å²) in [6.45, 7) is 6.54. The highest BCUT2D eigenvalue weighted by molar-refractivity contribution is 8.23. The van der Waals surface area contributed by atoms with Crippen molar-refractivity contribution in [3.05, 3.63) is 9.93 Å². The Bertz CT molecular complexity index is 770. The Morgan fingerprint density at radius 2 is 2.03 bits per heavy atom. The lowest BCUT2D eigenvalue weighted by atomic mass is 9.75. The monoisotopic (exact) mass is 492 g/mol. The van der Waals surface area contributed by atoms with Crippen molar-refractivity contribution in [2.45, 2.75) is 63.7 Å². The van der Waals surface area contributed by atoms with Gasteiger partial charge in [0.05, 0.1) is 21.5 Å². The van der Waals surface area contributed by atoms with E-state index in [0.29, 0.717) is 22.8 Å². The number of hydrogen-bond donors (Lipinski definition) is 2. The second-order valence-electron chi connectivity index (χ2n) is 8.13. The van der Waals surface area contributed by atoms with Gasteiger partial charge in [-0.1, -0.05) is 25.6 Å². The zero-order valence-corrected chi connectivity index (χ0v) is 20.6. The number of aliphatic hydroxyl groups excluding tert-OH is 1. The first kappa shape index (κ1) is 24.8. The van der Waals surface area contributed by atoms with Gasteiger partial charge in [-0.05, 0) is 26.7 Å². The number of hydrogen-bond acceptors (Lipinski definition) is 9. The van der Waals surface area contributed by atoms with Gasteiger partial charge < -0.3 is 14.6 Å². The van der Waals surface area contributed by atoms with Gasteiger partial charge in [0.2, 0.25) is 12.7 Å². The Labute approximate surface area is 194 Å². The van der Waals surface area contributed by atoms with Crippen LogP contribution in [0.15, 0.2) is 9.93 Å². The van der Waals surface area contributed by atoms with E-state index >= 15 is 0 Å². The normalized spacial score (nSPS) is 31.0. The Morgan fingerprint density at radius 3 is 2.58 bits per heavy atom. The zero-order chi connectivity index (χ0) is 22.9. The number of carbonyl (C=O) groups excluding carboxylic acids is 3. The molecule has 2 fully saturated rings. The molecule has 8 nitrogen and oxygen atoms in total. The lowest BCUT2D eigenvalue weighted by molar-refractivity contribution is -0.177. The van der Waals surface area contributed by atoms with Crippen molar-refractivity contribution in [1.29, 1.82) is 0 Å². The first-order valence-corrected chi connectivity index (χ1v) is 13.7. The van der Waals surface area contributed by atoms with Gasteiger partial charge in [0.25, 0.3) is 0 Å². The quantitative estimate of drug-likeness (QED) is 0.217. The minimum atomic E-state index is -0.989. The Morgan fingerprint density at radius 1 is 1.35 bits per heavy atom. The van der Waals surface area contributed by atoms with Crippen LogP contribution in [0.5, 0.6) is 0 Å². The van der Waals surface area contributed by atoms with Gasteiger partial charge >= 0.3 is 11.9 Å². The Balaban J connectivity index is 1.73. The molecule has 0 aromatic heterocycles. The lowest BCUT2D eigenvalue weighted by Crippen LogP contribution is -2.68. The number of aliphatic hydroxyl groups is 1. The number of amides is 1. The van der Waals surface area contributed by atoms with E-state index in [-0.39, 0.29) is 22.8 Å². The molecule has 1 unspecified atom stereocenters. The van der Waals surface area contributed by atoms with E-state index in [1.807, 2.05) is 13.8 Å². The van der Waals surface area contributed by atoms with Crippen LogP contribution in [0.2, 0.25) is 0 Å². The molecule has 0 saturated carbocycles. The smallest absolute Gasteiger partial charge is 0.359 e. The standard InChI is InChI=1S/C20H30NO7S3/c1-5-12(6-2)15(23)27-10-28-16(24)14-17(29-13-7-8-31(26)9-13)30-19-20(4,11(3)22)18(25)21(14)19/h11-13,19,22,26H,5-10H2,1-4H3/q+1/t11-,13+,19-,20+,31?/m1/s1. The fraction of sp³-hybridized carbons (Fsp3) is 0.750. The average molecular weight is 493 g/mol. The molecule has 5 atom stereocenters. The van der Waals surface area contributed by atoms with Crippen LogP contribution in [0.25, 0.3) is 0 Å². The van der Waals surface area contributed by atoms with E-state index in [0.717, 1.165) is 12.2 Å². The predicted molar refractivity (Wildman–Crippen MR) is 122 cm³/mol. The molecular formula is C20H30NO7S3+. The summed E-state index contributed by atoms with van der Waals surface area (Å²) < 4.78 is 20.8. The van der Waals surface area contributed by atoms with E-state index in [9.17, 15) is 24.0 Å². The summed E-state index contributed by atoms with van der Waals surface area (Å²) in [5.41, 5.74) is -0.844. The highest BCUT2D eigenvalue weighted by atomic mass is 32.2. The third-order valence-corrected chi connectivity index (χ3v) is 10.9. The van der Waals surface area contributed by atoms with Crippen LogP contribution in [0, 0.1) is 11.3 Å². The minimum absolute atomic E-state index is 0.145. The first-order chi connectivity index (χ1) is 14.6. The van der Waals surface area contributed by atoms with Crippen LogP contribution < -0.4 is 0 Å². The van der Waals surface area contributed by atoms with Gasteiger partial charge in [-0.25, -0.2) is 4.79 Å². The summed E-state index contributed by atoms with van der Waals surface area (Å²) in [4.78, 5) is 39.2. The van der Waals surface area contributed by atoms with Crippen molar-refractivity contribution in [3.63, 3.8) is 0 Å². The fourth-order valence-corrected chi connectivity index (χ4v) is 9.11. The maximum atomic E-state index is 12.9. The summed E-state index contributed by atoms with van der Waals surface area (Å²) in [5.74, 6) is -0.326. The second kappa shape index (κ2) is 9.94. The molecule has 0 bridgehead atoms. The minimum Gasteiger partial charge on any atom is -0.428 e. The molecule has 0 aliphatic carbocycles. The molecule has 31 heavy (non-hydrogen) atoms. The van der Waals surface area contributed by atoms with Crippen molar-refractivity contribution in [3.8, 4) is 0 Å². The largest absolute Gasteiger partial charge is 0.428 e. The maximum Gasteiger partial charge on any atom is 0.359 e. The topological polar surface area (TPSA) is 113 Å². The van der Waals surface area contributed by atoms with E-state index in [4.69, 9.17) is 9.47 Å². The molecule has 3 aliphatic rings. The lowest BCUT2D eigenvalue weighted by Gasteiger charge is -2.52. The number of thioether (sulfide) groups is 2. The molecule has 0 aromatic carbocycles. The van der Waals surface area contributed by atoms with Crippen LogP contribution in [0.3, 0.4) is 0 Å². The molecule has 0 spiro atoms. The van der Waals surface area contributed by atoms with Crippen molar-refractivity contribution in [2.24, 2.45) is 11.3 Å². The van der Waals surface area contributed by atoms with Gasteiger partial charge in [0.1, 0.15) is 27.7 Å². The van der Waals surface area contributed by atoms with Crippen molar-refractivity contribution < 1.29 is 33.5 Å². The van der Waals surface area contributed by atoms with E-state index < -0.39 is 46.8 Å². The number of ether oxygens (including phenoxy) is 2. The van der Waals surface area contributed by atoms with Gasteiger partial charge in [0.15, 0.2) is 11.4 Å². The number of fused-ring (bicyclic) bond motifs is 1. The summed E-state index contributed by atoms with van der Waals surface area (Å²) in [6, 6.07) is 0. The van der Waals surface area contributed by atoms with Crippen molar-refractivity contribution in [1.82, 2.24) is 4.90 Å². The molecule has 174 valence electrons. The van der Waals surface area contributed by atoms with Crippen LogP contribution in [-0.2, 0) is 35.0 Å². The van der Waals surface area contributed by atoms with Crippen LogP contribution in [0.4, 0.5) is 0 Å². The summed E-state index contributed by atoms with van der Waals surface area (Å²) in [7, 11) is 0. The highest BCUT2D eigenvalue weighted by Gasteiger charge is 2.66. The van der Waals surface area contributed by atoms with Gasteiger partial charge in [-0.15, -0.1) is 11.8 Å². The summed E-state index contributed by atoms with van der Waals surface area (Å²) in [5, 5.41) is 9.94. The summed E-state index contributed by atoms with van der Waals surface area (Å²) >= 11 is 2.23. The number of esters is 2. The highest BCUT2D eigenvalue weighted by Crippen LogP contribution is 2.60.